The van der Waals surface area contributed by atoms with Crippen LogP contribution in [0, 0.1) is 0 Å². The molecular formula is C17H23N5OS. The second-order valence-electron chi connectivity index (χ2n) is 6.39. The number of amides is 1. The summed E-state index contributed by atoms with van der Waals surface area (Å²) in [6.45, 7) is 6.56. The third-order valence-electron chi connectivity index (χ3n) is 4.31. The van der Waals surface area contributed by atoms with Gasteiger partial charge in [-0.2, -0.15) is 0 Å². The van der Waals surface area contributed by atoms with Gasteiger partial charge in [-0.3, -0.25) is 14.7 Å². The first kappa shape index (κ1) is 17.0. The number of carbonyl (C=O) groups is 1. The van der Waals surface area contributed by atoms with Crippen LogP contribution in [0.5, 0.6) is 0 Å². The molecule has 0 spiro atoms. The van der Waals surface area contributed by atoms with Gasteiger partial charge in [-0.15, -0.1) is 5.10 Å². The van der Waals surface area contributed by atoms with Gasteiger partial charge in [-0.1, -0.05) is 24.4 Å². The molecule has 3 heterocycles. The standard InChI is InChI=1S/C17H23N5OS/c1-12(2)15-14(24-21-20-15)11-19-17(23)16(22-8-3-4-9-22)13-6-5-7-18-10-13/h5-7,10,12,16H,3-4,8-9,11H2,1-2H3,(H,19,23). The van der Waals surface area contributed by atoms with Crippen LogP contribution in [0.4, 0.5) is 0 Å². The molecule has 6 nitrogen and oxygen atoms in total. The number of nitrogens with one attached hydrogen (secondary N) is 1. The van der Waals surface area contributed by atoms with E-state index >= 15 is 0 Å². The molecule has 2 aromatic heterocycles. The Hall–Kier alpha value is -1.86. The minimum absolute atomic E-state index is 0.0213. The topological polar surface area (TPSA) is 71.0 Å². The summed E-state index contributed by atoms with van der Waals surface area (Å²) < 4.78 is 4.02. The average Bonchev–Trinajstić information content (AvgIpc) is 3.26. The van der Waals surface area contributed by atoms with E-state index in [0.29, 0.717) is 12.5 Å². The van der Waals surface area contributed by atoms with Gasteiger partial charge in [-0.25, -0.2) is 0 Å². The molecular weight excluding hydrogens is 322 g/mol. The number of hydrogen-bond donors (Lipinski definition) is 1. The van der Waals surface area contributed by atoms with Gasteiger partial charge in [0.05, 0.1) is 17.1 Å². The number of hydrogen-bond acceptors (Lipinski definition) is 6. The summed E-state index contributed by atoms with van der Waals surface area (Å²) in [5.41, 5.74) is 1.92. The maximum atomic E-state index is 12.9. The van der Waals surface area contributed by atoms with Crippen LogP contribution in [0.1, 0.15) is 54.8 Å². The fourth-order valence-electron chi connectivity index (χ4n) is 3.11. The Kier molecular flexibility index (Phi) is 5.52. The third-order valence-corrected chi connectivity index (χ3v) is 5.05. The Morgan fingerprint density at radius 3 is 2.83 bits per heavy atom. The smallest absolute Gasteiger partial charge is 0.242 e. The molecule has 24 heavy (non-hydrogen) atoms. The van der Waals surface area contributed by atoms with Gasteiger partial charge in [0.2, 0.25) is 5.91 Å². The summed E-state index contributed by atoms with van der Waals surface area (Å²) in [5.74, 6) is 0.330. The van der Waals surface area contributed by atoms with Gasteiger partial charge < -0.3 is 5.32 Å². The van der Waals surface area contributed by atoms with Crippen molar-refractivity contribution in [2.45, 2.75) is 45.2 Å². The van der Waals surface area contributed by atoms with Crippen molar-refractivity contribution in [1.29, 1.82) is 0 Å². The van der Waals surface area contributed by atoms with Crippen molar-refractivity contribution in [1.82, 2.24) is 24.8 Å². The molecule has 0 bridgehead atoms. The van der Waals surface area contributed by atoms with Gasteiger partial charge in [0, 0.05) is 12.4 Å². The summed E-state index contributed by atoms with van der Waals surface area (Å²) >= 11 is 1.36. The fraction of sp³-hybridized carbons (Fsp3) is 0.529. The van der Waals surface area contributed by atoms with E-state index in [2.05, 4.69) is 38.6 Å². The Morgan fingerprint density at radius 1 is 1.38 bits per heavy atom. The van der Waals surface area contributed by atoms with E-state index in [-0.39, 0.29) is 11.9 Å². The maximum Gasteiger partial charge on any atom is 0.242 e. The molecule has 1 saturated heterocycles. The van der Waals surface area contributed by atoms with E-state index in [1.165, 1.54) is 11.5 Å². The lowest BCUT2D eigenvalue weighted by atomic mass is 10.1. The number of carbonyl (C=O) groups excluding carboxylic acids is 1. The largest absolute Gasteiger partial charge is 0.349 e. The van der Waals surface area contributed by atoms with Gasteiger partial charge in [0.15, 0.2) is 0 Å². The van der Waals surface area contributed by atoms with Crippen molar-refractivity contribution in [2.24, 2.45) is 0 Å². The van der Waals surface area contributed by atoms with Crippen LogP contribution >= 0.6 is 11.5 Å². The summed E-state index contributed by atoms with van der Waals surface area (Å²) in [5, 5.41) is 7.25. The SMILES string of the molecule is CC(C)c1nnsc1CNC(=O)C(c1cccnc1)N1CCCC1. The summed E-state index contributed by atoms with van der Waals surface area (Å²) in [6, 6.07) is 3.59. The first-order chi connectivity index (χ1) is 11.7. The predicted octanol–water partition coefficient (Wildman–Crippen LogP) is 2.51. The molecule has 128 valence electrons. The van der Waals surface area contributed by atoms with Gasteiger partial charge in [0.25, 0.3) is 0 Å². The number of likely N-dealkylation sites (tertiary alicyclic amines) is 1. The highest BCUT2D eigenvalue weighted by Crippen LogP contribution is 2.25. The molecule has 1 aliphatic heterocycles. The molecule has 1 unspecified atom stereocenters. The monoisotopic (exact) mass is 345 g/mol. The van der Waals surface area contributed by atoms with Crippen molar-refractivity contribution in [3.63, 3.8) is 0 Å². The third kappa shape index (κ3) is 3.79. The molecule has 1 aliphatic rings. The number of rotatable bonds is 6. The molecule has 1 fully saturated rings. The summed E-state index contributed by atoms with van der Waals surface area (Å²) in [6.07, 6.45) is 5.80. The molecule has 2 aromatic rings. The molecule has 1 N–H and O–H groups in total. The predicted molar refractivity (Wildman–Crippen MR) is 93.6 cm³/mol. The quantitative estimate of drug-likeness (QED) is 0.871. The van der Waals surface area contributed by atoms with Gasteiger partial charge in [0.1, 0.15) is 6.04 Å². The minimum Gasteiger partial charge on any atom is -0.349 e. The van der Waals surface area contributed by atoms with Crippen LogP contribution in [0.15, 0.2) is 24.5 Å². The molecule has 7 heteroatoms. The maximum absolute atomic E-state index is 12.9. The van der Waals surface area contributed by atoms with Crippen LogP contribution < -0.4 is 5.32 Å². The summed E-state index contributed by atoms with van der Waals surface area (Å²) in [4.78, 5) is 20.3. The Bertz CT molecular complexity index is 667. The van der Waals surface area contributed by atoms with E-state index < -0.39 is 0 Å². The minimum atomic E-state index is -0.274. The van der Waals surface area contributed by atoms with E-state index in [4.69, 9.17) is 0 Å². The number of aromatic nitrogens is 3. The highest BCUT2D eigenvalue weighted by atomic mass is 32.1. The Balaban J connectivity index is 1.73. The molecule has 1 amide bonds. The highest BCUT2D eigenvalue weighted by Gasteiger charge is 2.30. The van der Waals surface area contributed by atoms with Crippen LogP contribution in [0.2, 0.25) is 0 Å². The lowest BCUT2D eigenvalue weighted by Crippen LogP contribution is -2.39. The normalized spacial score (nSPS) is 16.5. The first-order valence-electron chi connectivity index (χ1n) is 8.39. The highest BCUT2D eigenvalue weighted by molar-refractivity contribution is 7.05. The molecule has 1 atom stereocenters. The zero-order valence-electron chi connectivity index (χ0n) is 14.1. The second kappa shape index (κ2) is 7.81. The zero-order chi connectivity index (χ0) is 16.9. The molecule has 0 radical (unpaired) electrons. The van der Waals surface area contributed by atoms with Crippen molar-refractivity contribution in [2.75, 3.05) is 13.1 Å². The van der Waals surface area contributed by atoms with E-state index in [1.807, 2.05) is 12.1 Å². The molecule has 0 saturated carbocycles. The molecule has 0 aliphatic carbocycles. The summed E-state index contributed by atoms with van der Waals surface area (Å²) in [7, 11) is 0. The van der Waals surface area contributed by atoms with Crippen LogP contribution in [-0.4, -0.2) is 38.5 Å². The van der Waals surface area contributed by atoms with Crippen molar-refractivity contribution >= 4 is 17.4 Å². The van der Waals surface area contributed by atoms with Crippen LogP contribution in [0.25, 0.3) is 0 Å². The van der Waals surface area contributed by atoms with Crippen LogP contribution in [-0.2, 0) is 11.3 Å². The molecule has 3 rings (SSSR count). The van der Waals surface area contributed by atoms with Gasteiger partial charge >= 0.3 is 0 Å². The lowest BCUT2D eigenvalue weighted by Gasteiger charge is -2.26. The number of nitrogens with zero attached hydrogens (tertiary/aromatic N) is 4. The lowest BCUT2D eigenvalue weighted by molar-refractivity contribution is -0.126. The average molecular weight is 345 g/mol. The van der Waals surface area contributed by atoms with E-state index in [9.17, 15) is 4.79 Å². The molecule has 0 aromatic carbocycles. The second-order valence-corrected chi connectivity index (χ2v) is 7.22. The van der Waals surface area contributed by atoms with E-state index in [1.54, 1.807) is 12.4 Å². The Morgan fingerprint density at radius 2 is 2.17 bits per heavy atom. The van der Waals surface area contributed by atoms with Crippen molar-refractivity contribution in [3.05, 3.63) is 40.7 Å². The van der Waals surface area contributed by atoms with Crippen LogP contribution in [0.3, 0.4) is 0 Å². The number of pyridine rings is 1. The van der Waals surface area contributed by atoms with Crippen molar-refractivity contribution in [3.8, 4) is 0 Å². The van der Waals surface area contributed by atoms with Gasteiger partial charge in [-0.05, 0) is 55.0 Å². The Labute approximate surface area is 146 Å². The first-order valence-corrected chi connectivity index (χ1v) is 9.17. The van der Waals surface area contributed by atoms with Crippen molar-refractivity contribution < 1.29 is 4.79 Å². The zero-order valence-corrected chi connectivity index (χ0v) is 14.9. The fourth-order valence-corrected chi connectivity index (χ4v) is 3.84. The van der Waals surface area contributed by atoms with E-state index in [0.717, 1.165) is 42.1 Å².